The van der Waals surface area contributed by atoms with Gasteiger partial charge in [0.2, 0.25) is 0 Å². The van der Waals surface area contributed by atoms with Gasteiger partial charge in [0.05, 0.1) is 17.7 Å². The van der Waals surface area contributed by atoms with Crippen molar-refractivity contribution >= 4 is 23.8 Å². The molecule has 2 aromatic carbocycles. The average molecular weight is 464 g/mol. The number of aliphatic carboxylic acids is 1. The number of amides is 2. The van der Waals surface area contributed by atoms with Crippen LogP contribution in [0, 0.1) is 0 Å². The smallest absolute Gasteiger partial charge is 0.331 e. The van der Waals surface area contributed by atoms with Crippen LogP contribution in [0.3, 0.4) is 0 Å². The topological polar surface area (TPSA) is 223 Å². The summed E-state index contributed by atoms with van der Waals surface area (Å²) in [6.45, 7) is -1.87. The van der Waals surface area contributed by atoms with E-state index in [2.05, 4.69) is 5.32 Å². The van der Waals surface area contributed by atoms with Gasteiger partial charge in [0.25, 0.3) is 11.8 Å². The third-order valence-electron chi connectivity index (χ3n) is 4.29. The van der Waals surface area contributed by atoms with Gasteiger partial charge in [0.1, 0.15) is 6.61 Å². The Balaban J connectivity index is 2.03. The van der Waals surface area contributed by atoms with Crippen molar-refractivity contribution in [2.75, 3.05) is 13.2 Å². The lowest BCUT2D eigenvalue weighted by molar-refractivity contribution is -0.150. The van der Waals surface area contributed by atoms with Gasteiger partial charge >= 0.3 is 11.9 Å². The molecule has 2 rings (SSSR count). The second kappa shape index (κ2) is 10.7. The van der Waals surface area contributed by atoms with Crippen molar-refractivity contribution in [3.8, 4) is 23.0 Å². The highest BCUT2D eigenvalue weighted by Gasteiger charge is 2.28. The van der Waals surface area contributed by atoms with E-state index in [4.69, 9.17) is 4.74 Å². The molecule has 0 saturated heterocycles. The number of esters is 1. The first-order chi connectivity index (χ1) is 15.6. The van der Waals surface area contributed by atoms with Gasteiger partial charge in [-0.05, 0) is 24.3 Å². The van der Waals surface area contributed by atoms with Gasteiger partial charge in [-0.25, -0.2) is 9.59 Å². The predicted molar refractivity (Wildman–Crippen MR) is 108 cm³/mol. The number of carboxylic acid groups (broad SMARTS) is 1. The van der Waals surface area contributed by atoms with Crippen molar-refractivity contribution in [3.63, 3.8) is 0 Å². The molecule has 2 amide bonds. The highest BCUT2D eigenvalue weighted by molar-refractivity contribution is 6.00. The molecule has 176 valence electrons. The number of ether oxygens (including phenoxy) is 1. The van der Waals surface area contributed by atoms with Gasteiger partial charge < -0.3 is 46.0 Å². The molecule has 13 heteroatoms. The summed E-state index contributed by atoms with van der Waals surface area (Å²) in [7, 11) is 0. The Hall–Kier alpha value is -4.52. The molecule has 0 aliphatic carbocycles. The molecule has 0 bridgehead atoms. The summed E-state index contributed by atoms with van der Waals surface area (Å²) < 4.78 is 4.77. The third kappa shape index (κ3) is 6.01. The maximum Gasteiger partial charge on any atom is 0.331 e. The average Bonchev–Trinajstić information content (AvgIpc) is 2.77. The molecule has 2 atom stereocenters. The largest absolute Gasteiger partial charge is 0.504 e. The van der Waals surface area contributed by atoms with Crippen LogP contribution in [0.2, 0.25) is 0 Å². The van der Waals surface area contributed by atoms with Gasteiger partial charge in [0, 0.05) is 0 Å². The quantitative estimate of drug-likeness (QED) is 0.166. The first kappa shape index (κ1) is 24.7. The lowest BCUT2D eigenvalue weighted by Crippen LogP contribution is -2.48. The van der Waals surface area contributed by atoms with Gasteiger partial charge in [0.15, 0.2) is 35.1 Å². The lowest BCUT2D eigenvalue weighted by atomic mass is 10.1. The fourth-order valence-corrected chi connectivity index (χ4v) is 2.52. The van der Waals surface area contributed by atoms with E-state index in [9.17, 15) is 49.8 Å². The zero-order chi connectivity index (χ0) is 24.7. The van der Waals surface area contributed by atoms with Crippen LogP contribution in [-0.2, 0) is 14.3 Å². The van der Waals surface area contributed by atoms with Crippen LogP contribution in [-0.4, -0.2) is 79.7 Å². The van der Waals surface area contributed by atoms with E-state index < -0.39 is 83.2 Å². The molecule has 0 aromatic heterocycles. The summed E-state index contributed by atoms with van der Waals surface area (Å²) >= 11 is 0. The van der Waals surface area contributed by atoms with E-state index in [1.165, 1.54) is 12.1 Å². The molecule has 0 saturated carbocycles. The van der Waals surface area contributed by atoms with Crippen LogP contribution in [0.4, 0.5) is 0 Å². The van der Waals surface area contributed by atoms with Gasteiger partial charge in [-0.3, -0.25) is 9.59 Å². The van der Waals surface area contributed by atoms with E-state index in [1.807, 2.05) is 5.32 Å². The van der Waals surface area contributed by atoms with E-state index in [0.29, 0.717) is 0 Å². The normalized spacial score (nSPS) is 12.3. The van der Waals surface area contributed by atoms with Crippen LogP contribution in [0.1, 0.15) is 20.7 Å². The molecule has 2 aromatic rings. The minimum atomic E-state index is -1.78. The number of carbonyl (C=O) groups excluding carboxylic acids is 3. The molecule has 0 aliphatic heterocycles. The molecule has 0 heterocycles. The Morgan fingerprint density at radius 2 is 1.24 bits per heavy atom. The lowest BCUT2D eigenvalue weighted by Gasteiger charge is -2.19. The monoisotopic (exact) mass is 464 g/mol. The van der Waals surface area contributed by atoms with Crippen molar-refractivity contribution in [3.05, 3.63) is 47.5 Å². The van der Waals surface area contributed by atoms with Gasteiger partial charge in [-0.2, -0.15) is 0 Å². The number of hydrogen-bond acceptors (Lipinski definition) is 10. The number of aromatic hydroxyl groups is 4. The fraction of sp³-hybridized carbons (Fsp3) is 0.200. The van der Waals surface area contributed by atoms with Crippen LogP contribution in [0.15, 0.2) is 36.4 Å². The molecular weight excluding hydrogens is 444 g/mol. The highest BCUT2D eigenvalue weighted by Crippen LogP contribution is 2.28. The summed E-state index contributed by atoms with van der Waals surface area (Å²) in [5, 5.41) is 61.0. The van der Waals surface area contributed by atoms with E-state index in [1.54, 1.807) is 0 Å². The number of rotatable bonds is 9. The Morgan fingerprint density at radius 3 is 1.67 bits per heavy atom. The van der Waals surface area contributed by atoms with Crippen LogP contribution < -0.4 is 10.6 Å². The Bertz CT molecular complexity index is 1070. The number of carbonyl (C=O) groups is 4. The molecule has 0 unspecified atom stereocenters. The Morgan fingerprint density at radius 1 is 0.788 bits per heavy atom. The second-order valence-electron chi connectivity index (χ2n) is 6.55. The molecule has 8 N–H and O–H groups in total. The molecule has 0 spiro atoms. The fourth-order valence-electron chi connectivity index (χ4n) is 2.52. The number of phenols is 4. The molecule has 0 aliphatic rings. The minimum absolute atomic E-state index is 0.400. The van der Waals surface area contributed by atoms with Gasteiger partial charge in [-0.1, -0.05) is 12.1 Å². The number of phenolic OH excluding ortho intramolecular Hbond substituents is 4. The molecular formula is C20H20N2O11. The van der Waals surface area contributed by atoms with Crippen LogP contribution in [0.25, 0.3) is 0 Å². The summed E-state index contributed by atoms with van der Waals surface area (Å²) in [5.74, 6) is -7.74. The summed E-state index contributed by atoms with van der Waals surface area (Å²) in [5.41, 5.74) is -0.832. The Kier molecular flexibility index (Phi) is 8.01. The second-order valence-corrected chi connectivity index (χ2v) is 6.55. The van der Waals surface area contributed by atoms with E-state index in [-0.39, 0.29) is 0 Å². The van der Waals surface area contributed by atoms with Crippen molar-refractivity contribution < 1.29 is 54.6 Å². The summed E-state index contributed by atoms with van der Waals surface area (Å²) in [6.07, 6.45) is 0. The Labute approximate surface area is 185 Å². The number of carboxylic acids is 1. The first-order valence-electron chi connectivity index (χ1n) is 9.20. The summed E-state index contributed by atoms with van der Waals surface area (Å²) in [6, 6.07) is 3.50. The van der Waals surface area contributed by atoms with E-state index >= 15 is 0 Å². The number of benzene rings is 2. The van der Waals surface area contributed by atoms with Crippen LogP contribution >= 0.6 is 0 Å². The molecule has 33 heavy (non-hydrogen) atoms. The SMILES string of the molecule is O=C(N[C@H](COC(=O)[C@@H](CO)NC(=O)c1cccc(O)c1O)C(=O)O)c1cccc(O)c1O. The zero-order valence-electron chi connectivity index (χ0n) is 16.8. The molecule has 13 nitrogen and oxygen atoms in total. The van der Waals surface area contributed by atoms with Crippen molar-refractivity contribution in [1.29, 1.82) is 0 Å². The number of hydrogen-bond donors (Lipinski definition) is 8. The first-order valence-corrected chi connectivity index (χ1v) is 9.20. The zero-order valence-corrected chi connectivity index (χ0v) is 16.8. The number of nitrogens with one attached hydrogen (secondary N) is 2. The van der Waals surface area contributed by atoms with Crippen LogP contribution in [0.5, 0.6) is 23.0 Å². The molecule has 0 fully saturated rings. The number of aliphatic hydroxyl groups excluding tert-OH is 1. The summed E-state index contributed by atoms with van der Waals surface area (Å²) in [4.78, 5) is 48.0. The van der Waals surface area contributed by atoms with E-state index in [0.717, 1.165) is 24.3 Å². The van der Waals surface area contributed by atoms with Crippen molar-refractivity contribution in [1.82, 2.24) is 10.6 Å². The predicted octanol–water partition coefficient (Wildman–Crippen LogP) is -0.974. The number of para-hydroxylation sites is 2. The van der Waals surface area contributed by atoms with Gasteiger partial charge in [-0.15, -0.1) is 0 Å². The maximum atomic E-state index is 12.2. The standard InChI is InChI=1S/C20H20N2O11/c23-7-11(21-17(28)9-3-1-5-13(24)15(9)26)20(32)33-8-12(19(30)31)22-18(29)10-4-2-6-14(25)16(10)27/h1-6,11-12,23-27H,7-8H2,(H,21,28)(H,22,29)(H,30,31)/t11-,12-/m1/s1. The van der Waals surface area contributed by atoms with Crippen molar-refractivity contribution in [2.45, 2.75) is 12.1 Å². The highest BCUT2D eigenvalue weighted by atomic mass is 16.5. The van der Waals surface area contributed by atoms with Crippen molar-refractivity contribution in [2.24, 2.45) is 0 Å². The third-order valence-corrected chi connectivity index (χ3v) is 4.29. The minimum Gasteiger partial charge on any atom is -0.504 e. The number of aliphatic hydroxyl groups is 1. The maximum absolute atomic E-state index is 12.2. The molecule has 0 radical (unpaired) electrons.